The summed E-state index contributed by atoms with van der Waals surface area (Å²) in [6.45, 7) is 7.31. The van der Waals surface area contributed by atoms with Crippen LogP contribution in [0.2, 0.25) is 0 Å². The van der Waals surface area contributed by atoms with Gasteiger partial charge in [-0.05, 0) is 75.2 Å². The van der Waals surface area contributed by atoms with Crippen molar-refractivity contribution in [3.63, 3.8) is 0 Å². The number of nitriles is 1. The van der Waals surface area contributed by atoms with Crippen molar-refractivity contribution in [2.24, 2.45) is 0 Å². The van der Waals surface area contributed by atoms with Crippen molar-refractivity contribution in [2.45, 2.75) is 27.7 Å². The Morgan fingerprint density at radius 2 is 1.56 bits per heavy atom. The third-order valence-electron chi connectivity index (χ3n) is 5.44. The topological polar surface area (TPSA) is 132 Å². The van der Waals surface area contributed by atoms with Gasteiger partial charge in [0.25, 0.3) is 5.91 Å². The number of carboxylic acid groups (broad SMARTS) is 2. The molecule has 0 fully saturated rings. The van der Waals surface area contributed by atoms with Crippen LogP contribution in [0.25, 0.3) is 11.8 Å². The van der Waals surface area contributed by atoms with Crippen LogP contribution >= 0.6 is 0 Å². The molecule has 1 aromatic heterocycles. The van der Waals surface area contributed by atoms with Gasteiger partial charge in [0.05, 0.1) is 11.1 Å². The largest absolute Gasteiger partial charge is 0.478 e. The Kier molecular flexibility index (Phi) is 6.68. The highest BCUT2D eigenvalue weighted by Gasteiger charge is 2.17. The number of anilines is 1. The standard InChI is InChI=1S/C26H23N3O5/c1-14-5-6-23(15(2)7-14)28-24(30)21(13-27)9-18-8-16(3)29(17(18)4)22-11-19(25(31)32)10-20(12-22)26(33)34/h5-12H,1-4H3,(H,28,30)(H,31,32)(H,33,34)/b21-9-. The summed E-state index contributed by atoms with van der Waals surface area (Å²) in [5.74, 6) is -3.05. The Balaban J connectivity index is 2.03. The Morgan fingerprint density at radius 3 is 2.09 bits per heavy atom. The molecule has 34 heavy (non-hydrogen) atoms. The van der Waals surface area contributed by atoms with Gasteiger partial charge in [0.1, 0.15) is 11.6 Å². The first-order valence-electron chi connectivity index (χ1n) is 10.3. The highest BCUT2D eigenvalue weighted by Crippen LogP contribution is 2.25. The van der Waals surface area contributed by atoms with Crippen LogP contribution in [0.1, 0.15) is 48.8 Å². The summed E-state index contributed by atoms with van der Waals surface area (Å²) in [6, 6.07) is 13.1. The summed E-state index contributed by atoms with van der Waals surface area (Å²) < 4.78 is 1.68. The highest BCUT2D eigenvalue weighted by atomic mass is 16.4. The summed E-state index contributed by atoms with van der Waals surface area (Å²) in [5.41, 5.74) is 4.31. The van der Waals surface area contributed by atoms with Gasteiger partial charge in [0.2, 0.25) is 0 Å². The van der Waals surface area contributed by atoms with E-state index >= 15 is 0 Å². The molecule has 0 aliphatic carbocycles. The average Bonchev–Trinajstić information content (AvgIpc) is 3.06. The minimum atomic E-state index is -1.25. The molecule has 0 aliphatic rings. The van der Waals surface area contributed by atoms with Crippen LogP contribution in [-0.2, 0) is 4.79 Å². The number of carbonyl (C=O) groups is 3. The van der Waals surface area contributed by atoms with Crippen molar-refractivity contribution in [1.82, 2.24) is 4.57 Å². The lowest BCUT2D eigenvalue weighted by Crippen LogP contribution is -2.14. The lowest BCUT2D eigenvalue weighted by atomic mass is 10.1. The van der Waals surface area contributed by atoms with Crippen LogP contribution in [0.5, 0.6) is 0 Å². The fourth-order valence-electron chi connectivity index (χ4n) is 3.77. The van der Waals surface area contributed by atoms with E-state index in [1.54, 1.807) is 30.5 Å². The number of aromatic carboxylic acids is 2. The number of aromatic nitrogens is 1. The molecule has 0 saturated heterocycles. The molecule has 8 nitrogen and oxygen atoms in total. The van der Waals surface area contributed by atoms with E-state index in [0.29, 0.717) is 28.3 Å². The van der Waals surface area contributed by atoms with Gasteiger partial charge in [-0.25, -0.2) is 9.59 Å². The zero-order valence-corrected chi connectivity index (χ0v) is 19.1. The van der Waals surface area contributed by atoms with Gasteiger partial charge in [-0.15, -0.1) is 0 Å². The number of hydrogen-bond acceptors (Lipinski definition) is 4. The quantitative estimate of drug-likeness (QED) is 0.364. The molecule has 0 unspecified atom stereocenters. The predicted molar refractivity (Wildman–Crippen MR) is 127 cm³/mol. The lowest BCUT2D eigenvalue weighted by molar-refractivity contribution is -0.112. The van der Waals surface area contributed by atoms with E-state index in [0.717, 1.165) is 17.2 Å². The molecular formula is C26H23N3O5. The average molecular weight is 457 g/mol. The van der Waals surface area contributed by atoms with Crippen LogP contribution in [-0.4, -0.2) is 32.6 Å². The van der Waals surface area contributed by atoms with Gasteiger partial charge in [0, 0.05) is 22.8 Å². The molecule has 0 atom stereocenters. The van der Waals surface area contributed by atoms with Crippen LogP contribution in [0.15, 0.2) is 48.0 Å². The number of carbonyl (C=O) groups excluding carboxylic acids is 1. The van der Waals surface area contributed by atoms with Crippen LogP contribution in [0.4, 0.5) is 5.69 Å². The predicted octanol–water partition coefficient (Wildman–Crippen LogP) is 4.65. The highest BCUT2D eigenvalue weighted by molar-refractivity contribution is 6.10. The molecule has 0 radical (unpaired) electrons. The third-order valence-corrected chi connectivity index (χ3v) is 5.44. The number of rotatable bonds is 6. The molecule has 3 N–H and O–H groups in total. The second-order valence-corrected chi connectivity index (χ2v) is 7.98. The van der Waals surface area contributed by atoms with Crippen LogP contribution < -0.4 is 5.32 Å². The molecule has 0 bridgehead atoms. The Labute approximate surface area is 196 Å². The fraction of sp³-hybridized carbons (Fsp3) is 0.154. The first kappa shape index (κ1) is 24.0. The molecular weight excluding hydrogens is 434 g/mol. The monoisotopic (exact) mass is 457 g/mol. The SMILES string of the molecule is Cc1ccc(NC(=O)/C(C#N)=C\c2cc(C)n(-c3cc(C(=O)O)cc(C(=O)O)c3)c2C)c(C)c1. The molecule has 0 aliphatic heterocycles. The minimum Gasteiger partial charge on any atom is -0.478 e. The van der Waals surface area contributed by atoms with Crippen molar-refractivity contribution in [2.75, 3.05) is 5.32 Å². The van der Waals surface area contributed by atoms with Crippen molar-refractivity contribution in [3.8, 4) is 11.8 Å². The number of nitrogens with one attached hydrogen (secondary N) is 1. The number of amides is 1. The maximum absolute atomic E-state index is 12.8. The van der Waals surface area contributed by atoms with Gasteiger partial charge < -0.3 is 20.1 Å². The number of benzene rings is 2. The Hall–Kier alpha value is -4.64. The Morgan fingerprint density at radius 1 is 0.941 bits per heavy atom. The van der Waals surface area contributed by atoms with Gasteiger partial charge in [-0.3, -0.25) is 4.79 Å². The molecule has 0 spiro atoms. The first-order valence-corrected chi connectivity index (χ1v) is 10.3. The maximum atomic E-state index is 12.8. The first-order chi connectivity index (χ1) is 16.0. The second-order valence-electron chi connectivity index (χ2n) is 7.98. The lowest BCUT2D eigenvalue weighted by Gasteiger charge is -2.12. The van der Waals surface area contributed by atoms with Gasteiger partial charge in [-0.2, -0.15) is 5.26 Å². The summed E-state index contributed by atoms with van der Waals surface area (Å²) in [4.78, 5) is 35.7. The van der Waals surface area contributed by atoms with E-state index in [-0.39, 0.29) is 16.7 Å². The van der Waals surface area contributed by atoms with E-state index < -0.39 is 17.8 Å². The van der Waals surface area contributed by atoms with E-state index in [4.69, 9.17) is 0 Å². The molecule has 0 saturated carbocycles. The van der Waals surface area contributed by atoms with Crippen molar-refractivity contribution < 1.29 is 24.6 Å². The van der Waals surface area contributed by atoms with E-state index in [1.807, 2.05) is 32.0 Å². The summed E-state index contributed by atoms with van der Waals surface area (Å²) in [5, 5.41) is 31.1. The van der Waals surface area contributed by atoms with Crippen molar-refractivity contribution >= 4 is 29.6 Å². The van der Waals surface area contributed by atoms with E-state index in [9.17, 15) is 29.9 Å². The van der Waals surface area contributed by atoms with Gasteiger partial charge in [0.15, 0.2) is 0 Å². The Bertz CT molecular complexity index is 1370. The summed E-state index contributed by atoms with van der Waals surface area (Å²) in [6.07, 6.45) is 1.46. The zero-order chi connectivity index (χ0) is 25.2. The molecule has 3 aromatic rings. The van der Waals surface area contributed by atoms with Crippen molar-refractivity contribution in [1.29, 1.82) is 5.26 Å². The number of hydrogen-bond donors (Lipinski definition) is 3. The van der Waals surface area contributed by atoms with Gasteiger partial charge in [-0.1, -0.05) is 17.7 Å². The molecule has 172 valence electrons. The molecule has 1 amide bonds. The molecule has 2 aromatic carbocycles. The van der Waals surface area contributed by atoms with Crippen molar-refractivity contribution in [3.05, 3.63) is 87.2 Å². The van der Waals surface area contributed by atoms with E-state index in [1.165, 1.54) is 18.2 Å². The minimum absolute atomic E-state index is 0.106. The fourth-order valence-corrected chi connectivity index (χ4v) is 3.77. The normalized spacial score (nSPS) is 11.1. The summed E-state index contributed by atoms with van der Waals surface area (Å²) in [7, 11) is 0. The van der Waals surface area contributed by atoms with Gasteiger partial charge >= 0.3 is 11.9 Å². The van der Waals surface area contributed by atoms with E-state index in [2.05, 4.69) is 5.32 Å². The maximum Gasteiger partial charge on any atom is 0.335 e. The smallest absolute Gasteiger partial charge is 0.335 e. The molecule has 8 heteroatoms. The molecule has 1 heterocycles. The van der Waals surface area contributed by atoms with Crippen LogP contribution in [0, 0.1) is 39.0 Å². The molecule has 3 rings (SSSR count). The number of aryl methyl sites for hydroxylation is 3. The van der Waals surface area contributed by atoms with Crippen LogP contribution in [0.3, 0.4) is 0 Å². The summed E-state index contributed by atoms with van der Waals surface area (Å²) >= 11 is 0. The zero-order valence-electron chi connectivity index (χ0n) is 19.1. The second kappa shape index (κ2) is 9.46. The third kappa shape index (κ3) is 4.89. The number of carboxylic acids is 2. The number of nitrogens with zero attached hydrogens (tertiary/aromatic N) is 2.